The van der Waals surface area contributed by atoms with Crippen LogP contribution >= 0.6 is 27.5 Å². The summed E-state index contributed by atoms with van der Waals surface area (Å²) < 4.78 is 27.6. The summed E-state index contributed by atoms with van der Waals surface area (Å²) in [7, 11) is -3.70. The predicted molar refractivity (Wildman–Crippen MR) is 104 cm³/mol. The van der Waals surface area contributed by atoms with Crippen LogP contribution in [0.4, 0.5) is 0 Å². The van der Waals surface area contributed by atoms with Crippen LogP contribution in [0.25, 0.3) is 0 Å². The fourth-order valence-electron chi connectivity index (χ4n) is 2.19. The Morgan fingerprint density at radius 1 is 1.00 bits per heavy atom. The van der Waals surface area contributed by atoms with Gasteiger partial charge in [0.15, 0.2) is 0 Å². The summed E-state index contributed by atoms with van der Waals surface area (Å²) >= 11 is 8.98. The smallest absolute Gasteiger partial charge is 0.267 e. The van der Waals surface area contributed by atoms with Crippen molar-refractivity contribution in [3.8, 4) is 0 Å². The van der Waals surface area contributed by atoms with Gasteiger partial charge in [-0.15, -0.1) is 0 Å². The third-order valence-corrected chi connectivity index (χ3v) is 6.25. The number of amides is 2. The number of hydrazine groups is 1. The lowest BCUT2D eigenvalue weighted by Gasteiger charge is -2.11. The lowest BCUT2D eigenvalue weighted by atomic mass is 10.2. The van der Waals surface area contributed by atoms with Crippen molar-refractivity contribution in [2.24, 2.45) is 0 Å². The van der Waals surface area contributed by atoms with Crippen LogP contribution in [0.1, 0.15) is 33.6 Å². The summed E-state index contributed by atoms with van der Waals surface area (Å²) in [5.74, 6) is -1.19. The van der Waals surface area contributed by atoms with Gasteiger partial charge < -0.3 is 0 Å². The lowest BCUT2D eigenvalue weighted by Crippen LogP contribution is -2.41. The second-order valence-electron chi connectivity index (χ2n) is 5.95. The summed E-state index contributed by atoms with van der Waals surface area (Å²) in [4.78, 5) is 24.4. The van der Waals surface area contributed by atoms with Crippen LogP contribution in [-0.4, -0.2) is 26.3 Å². The van der Waals surface area contributed by atoms with Crippen LogP contribution in [-0.2, 0) is 10.0 Å². The number of hydrogen-bond acceptors (Lipinski definition) is 4. The highest BCUT2D eigenvalue weighted by Crippen LogP contribution is 2.25. The molecule has 1 saturated carbocycles. The number of halogens is 2. The van der Waals surface area contributed by atoms with Crippen molar-refractivity contribution in [3.05, 3.63) is 63.1 Å². The highest BCUT2D eigenvalue weighted by Gasteiger charge is 2.28. The van der Waals surface area contributed by atoms with Crippen molar-refractivity contribution < 1.29 is 18.0 Å². The van der Waals surface area contributed by atoms with Crippen LogP contribution in [0.5, 0.6) is 0 Å². The molecule has 0 radical (unpaired) electrons. The molecule has 2 aromatic carbocycles. The number of sulfonamides is 1. The molecular weight excluding hydrogens is 458 g/mol. The Morgan fingerprint density at radius 3 is 2.26 bits per heavy atom. The average molecular weight is 473 g/mol. The molecule has 0 atom stereocenters. The maximum Gasteiger partial charge on any atom is 0.270 e. The van der Waals surface area contributed by atoms with Crippen molar-refractivity contribution in [2.75, 3.05) is 0 Å². The van der Waals surface area contributed by atoms with E-state index in [0.29, 0.717) is 15.1 Å². The van der Waals surface area contributed by atoms with Gasteiger partial charge >= 0.3 is 0 Å². The van der Waals surface area contributed by atoms with Gasteiger partial charge in [0.2, 0.25) is 10.0 Å². The van der Waals surface area contributed by atoms with E-state index in [9.17, 15) is 18.0 Å². The first kappa shape index (κ1) is 19.8. The summed E-state index contributed by atoms with van der Waals surface area (Å²) in [5, 5.41) is 0.484. The molecule has 3 N–H and O–H groups in total. The number of benzene rings is 2. The standard InChI is InChI=1S/C17H15BrClN3O4S/c18-15-8-7-13(27(25,26)22-12-5-6-12)9-14(15)17(24)21-20-16(23)10-1-3-11(19)4-2-10/h1-4,7-9,12,22H,5-6H2,(H,20,23)(H,21,24). The first-order valence-corrected chi connectivity index (χ1v) is 10.6. The Kier molecular flexibility index (Phi) is 5.85. The third-order valence-electron chi connectivity index (χ3n) is 3.79. The average Bonchev–Trinajstić information content (AvgIpc) is 3.43. The maximum atomic E-state index is 12.4. The fraction of sp³-hybridized carbons (Fsp3) is 0.176. The Labute approximate surface area is 169 Å². The predicted octanol–water partition coefficient (Wildman–Crippen LogP) is 2.62. The third kappa shape index (κ3) is 5.07. The SMILES string of the molecule is O=C(NNC(=O)c1cc(S(=O)(=O)NC2CC2)ccc1Br)c1ccc(Cl)cc1. The summed E-state index contributed by atoms with van der Waals surface area (Å²) in [6.07, 6.45) is 1.61. The molecule has 0 spiro atoms. The molecule has 0 saturated heterocycles. The van der Waals surface area contributed by atoms with E-state index in [2.05, 4.69) is 31.5 Å². The molecule has 0 heterocycles. The van der Waals surface area contributed by atoms with Crippen LogP contribution in [0, 0.1) is 0 Å². The van der Waals surface area contributed by atoms with E-state index in [4.69, 9.17) is 11.6 Å². The van der Waals surface area contributed by atoms with E-state index < -0.39 is 21.8 Å². The Morgan fingerprint density at radius 2 is 1.63 bits per heavy atom. The molecule has 2 amide bonds. The van der Waals surface area contributed by atoms with Gasteiger partial charge in [0.25, 0.3) is 11.8 Å². The molecule has 142 valence electrons. The van der Waals surface area contributed by atoms with Crippen LogP contribution in [0.15, 0.2) is 51.8 Å². The molecule has 1 fully saturated rings. The number of nitrogens with one attached hydrogen (secondary N) is 3. The van der Waals surface area contributed by atoms with E-state index in [1.807, 2.05) is 0 Å². The van der Waals surface area contributed by atoms with Crippen molar-refractivity contribution >= 4 is 49.4 Å². The topological polar surface area (TPSA) is 104 Å². The maximum absolute atomic E-state index is 12.4. The quantitative estimate of drug-likeness (QED) is 0.582. The highest BCUT2D eigenvalue weighted by atomic mass is 79.9. The monoisotopic (exact) mass is 471 g/mol. The molecule has 2 aromatic rings. The zero-order chi connectivity index (χ0) is 19.6. The molecule has 1 aliphatic carbocycles. The Hall–Kier alpha value is -1.94. The van der Waals surface area contributed by atoms with Gasteiger partial charge in [-0.25, -0.2) is 13.1 Å². The minimum Gasteiger partial charge on any atom is -0.267 e. The van der Waals surface area contributed by atoms with E-state index in [1.165, 1.54) is 30.3 Å². The van der Waals surface area contributed by atoms with Crippen LogP contribution in [0.2, 0.25) is 5.02 Å². The Balaban J connectivity index is 1.71. The molecule has 0 unspecified atom stereocenters. The first-order chi connectivity index (χ1) is 12.8. The van der Waals surface area contributed by atoms with Gasteiger partial charge in [-0.3, -0.25) is 20.4 Å². The lowest BCUT2D eigenvalue weighted by molar-refractivity contribution is 0.0846. The van der Waals surface area contributed by atoms with Gasteiger partial charge in [-0.2, -0.15) is 0 Å². The van der Waals surface area contributed by atoms with E-state index in [0.717, 1.165) is 12.8 Å². The second-order valence-corrected chi connectivity index (χ2v) is 8.96. The number of carbonyl (C=O) groups is 2. The summed E-state index contributed by atoms with van der Waals surface area (Å²) in [5.41, 5.74) is 4.93. The molecule has 0 aliphatic heterocycles. The van der Waals surface area contributed by atoms with Crippen molar-refractivity contribution in [1.82, 2.24) is 15.6 Å². The van der Waals surface area contributed by atoms with Gasteiger partial charge in [0.05, 0.1) is 10.5 Å². The second kappa shape index (κ2) is 7.97. The normalized spacial score (nSPS) is 13.9. The number of carbonyl (C=O) groups excluding carboxylic acids is 2. The molecule has 1 aliphatic rings. The first-order valence-electron chi connectivity index (χ1n) is 7.94. The summed E-state index contributed by atoms with van der Waals surface area (Å²) in [6.45, 7) is 0. The minimum absolute atomic E-state index is 0.0215. The van der Waals surface area contributed by atoms with Gasteiger partial charge in [0.1, 0.15) is 0 Å². The molecule has 7 nitrogen and oxygen atoms in total. The Bertz CT molecular complexity index is 992. The molecule has 10 heteroatoms. The molecule has 0 bridgehead atoms. The van der Waals surface area contributed by atoms with Crippen molar-refractivity contribution in [3.63, 3.8) is 0 Å². The molecule has 27 heavy (non-hydrogen) atoms. The highest BCUT2D eigenvalue weighted by molar-refractivity contribution is 9.10. The van der Waals surface area contributed by atoms with Gasteiger partial charge in [-0.1, -0.05) is 11.6 Å². The van der Waals surface area contributed by atoms with Gasteiger partial charge in [-0.05, 0) is 71.2 Å². The zero-order valence-electron chi connectivity index (χ0n) is 13.8. The van der Waals surface area contributed by atoms with Crippen molar-refractivity contribution in [2.45, 2.75) is 23.8 Å². The fourth-order valence-corrected chi connectivity index (χ4v) is 4.07. The molecule has 0 aromatic heterocycles. The van der Waals surface area contributed by atoms with Gasteiger partial charge in [0, 0.05) is 21.1 Å². The van der Waals surface area contributed by atoms with Crippen LogP contribution < -0.4 is 15.6 Å². The summed E-state index contributed by atoms with van der Waals surface area (Å²) in [6, 6.07) is 10.2. The molecular formula is C17H15BrClN3O4S. The number of rotatable bonds is 5. The molecule has 3 rings (SSSR count). The minimum atomic E-state index is -3.70. The van der Waals surface area contributed by atoms with Crippen molar-refractivity contribution in [1.29, 1.82) is 0 Å². The number of hydrogen-bond donors (Lipinski definition) is 3. The zero-order valence-corrected chi connectivity index (χ0v) is 17.0. The van der Waals surface area contributed by atoms with E-state index in [1.54, 1.807) is 12.1 Å². The van der Waals surface area contributed by atoms with Crippen LogP contribution in [0.3, 0.4) is 0 Å². The van der Waals surface area contributed by atoms with E-state index >= 15 is 0 Å². The van der Waals surface area contributed by atoms with E-state index in [-0.39, 0.29) is 16.5 Å². The largest absolute Gasteiger partial charge is 0.270 e.